The molecule has 0 radical (unpaired) electrons. The molecule has 0 aliphatic heterocycles. The Kier molecular flexibility index (Phi) is 11.2. The van der Waals surface area contributed by atoms with Crippen molar-refractivity contribution in [3.05, 3.63) is 41.6 Å². The number of carbonyl (C=O) groups is 2. The molecule has 0 saturated heterocycles. The van der Waals surface area contributed by atoms with Crippen molar-refractivity contribution in [1.82, 2.24) is 5.32 Å². The van der Waals surface area contributed by atoms with Crippen LogP contribution in [0, 0.1) is 0 Å². The third kappa shape index (κ3) is 8.94. The first kappa shape index (κ1) is 19.3. The molecule has 0 spiro atoms. The number of amides is 2. The Labute approximate surface area is 166 Å². The van der Waals surface area contributed by atoms with Crippen LogP contribution in [-0.4, -0.2) is 30.2 Å². The fraction of sp³-hybridized carbons (Fsp3) is 0.333. The summed E-state index contributed by atoms with van der Waals surface area (Å²) in [4.78, 5) is 22.0. The Morgan fingerprint density at radius 3 is 2.53 bits per heavy atom. The van der Waals surface area contributed by atoms with Gasteiger partial charge in [0.05, 0.1) is 5.75 Å². The van der Waals surface area contributed by atoms with Gasteiger partial charge in [-0.05, 0) is 11.6 Å². The quantitative estimate of drug-likeness (QED) is 0.591. The minimum absolute atomic E-state index is 0. The van der Waals surface area contributed by atoms with Crippen LogP contribution < -0.4 is 69.2 Å². The Balaban J connectivity index is 0.00000324. The molecule has 5 nitrogen and oxygen atoms in total. The molecule has 0 saturated carbocycles. The van der Waals surface area contributed by atoms with Gasteiger partial charge >= 0.3 is 58.2 Å². The van der Waals surface area contributed by atoms with Gasteiger partial charge in [0.15, 0.2) is 0 Å². The molecule has 98 valence electrons. The van der Waals surface area contributed by atoms with Crippen molar-refractivity contribution < 1.29 is 67.8 Å². The van der Waals surface area contributed by atoms with E-state index in [-0.39, 0.29) is 70.6 Å². The largest absolute Gasteiger partial charge is 1.00 e. The maximum absolute atomic E-state index is 11.4. The Hall–Kier alpha value is 0.275. The molecule has 0 bridgehead atoms. The van der Waals surface area contributed by atoms with Gasteiger partial charge in [-0.3, -0.25) is 9.59 Å². The molecule has 0 fully saturated rings. The smallest absolute Gasteiger partial charge is 0.665 e. The summed E-state index contributed by atoms with van der Waals surface area (Å²) in [6.07, 6.45) is 0. The summed E-state index contributed by atoms with van der Waals surface area (Å²) in [7, 11) is 0. The summed E-state index contributed by atoms with van der Waals surface area (Å²) in [5, 5.41) is 2.50. The van der Waals surface area contributed by atoms with E-state index in [0.29, 0.717) is 5.75 Å². The summed E-state index contributed by atoms with van der Waals surface area (Å²) < 4.78 is 0. The number of nitrogens with two attached hydrogens (primary N) is 1. The zero-order chi connectivity index (χ0) is 13.4. The van der Waals surface area contributed by atoms with Crippen molar-refractivity contribution in [2.24, 2.45) is 5.73 Å². The number of primary amides is 1. The molecule has 0 aromatic heterocycles. The van der Waals surface area contributed by atoms with Crippen LogP contribution in [0.3, 0.4) is 0 Å². The predicted molar refractivity (Wildman–Crippen MR) is 72.9 cm³/mol. The molecule has 1 rings (SSSR count). The maximum atomic E-state index is 11.4. The Morgan fingerprint density at radius 2 is 1.95 bits per heavy atom. The van der Waals surface area contributed by atoms with E-state index in [2.05, 4.69) is 5.32 Å². The zero-order valence-electron chi connectivity index (χ0n) is 10.9. The van der Waals surface area contributed by atoms with E-state index in [1.165, 1.54) is 11.8 Å². The monoisotopic (exact) mass is 351 g/mol. The second-order valence-electron chi connectivity index (χ2n) is 3.74. The molecular weight excluding hydrogens is 336 g/mol. The second kappa shape index (κ2) is 11.0. The van der Waals surface area contributed by atoms with Gasteiger partial charge in [0, 0.05) is 12.3 Å². The first-order valence-corrected chi connectivity index (χ1v) is 6.64. The van der Waals surface area contributed by atoms with Gasteiger partial charge in [-0.25, -0.2) is 0 Å². The van der Waals surface area contributed by atoms with E-state index in [0.717, 1.165) is 11.3 Å². The third-order valence-electron chi connectivity index (χ3n) is 2.19. The van der Waals surface area contributed by atoms with Gasteiger partial charge in [0.25, 0.3) is 0 Å². The van der Waals surface area contributed by atoms with Crippen molar-refractivity contribution in [2.45, 2.75) is 11.8 Å². The summed E-state index contributed by atoms with van der Waals surface area (Å²) in [5.74, 6) is 0.149. The van der Waals surface area contributed by atoms with Crippen LogP contribution in [0.1, 0.15) is 5.56 Å². The predicted octanol–water partition coefficient (Wildman–Crippen LogP) is -2.05. The number of carbonyl (C=O) groups excluding carboxylic acids is 2. The fourth-order valence-electron chi connectivity index (χ4n) is 1.20. The van der Waals surface area contributed by atoms with E-state index in [9.17, 15) is 9.59 Å². The second-order valence-corrected chi connectivity index (χ2v) is 4.72. The molecule has 2 amide bonds. The van der Waals surface area contributed by atoms with Crippen molar-refractivity contribution in [3.63, 3.8) is 0 Å². The molecule has 4 N–H and O–H groups in total. The van der Waals surface area contributed by atoms with Crippen molar-refractivity contribution in [3.8, 4) is 0 Å². The minimum Gasteiger partial charge on any atom is -0.665 e. The number of nitrogens with one attached hydrogen (secondary N) is 2. The van der Waals surface area contributed by atoms with E-state index in [1.807, 2.05) is 30.3 Å². The van der Waals surface area contributed by atoms with Crippen LogP contribution in [0.25, 0.3) is 5.73 Å². The zero-order valence-corrected chi connectivity index (χ0v) is 16.6. The van der Waals surface area contributed by atoms with Crippen LogP contribution >= 0.6 is 11.8 Å². The topological polar surface area (TPSA) is 96.0 Å². The summed E-state index contributed by atoms with van der Waals surface area (Å²) in [6.45, 7) is -0.0277. The van der Waals surface area contributed by atoms with Crippen LogP contribution in [0.5, 0.6) is 0 Å². The molecule has 0 heterocycles. The summed E-state index contributed by atoms with van der Waals surface area (Å²) in [5.41, 5.74) is 13.3. The van der Waals surface area contributed by atoms with Crippen molar-refractivity contribution >= 4 is 23.6 Å². The number of hydrogen-bond donors (Lipinski definition) is 2. The van der Waals surface area contributed by atoms with Gasteiger partial charge < -0.3 is 16.8 Å². The van der Waals surface area contributed by atoms with E-state index in [4.69, 9.17) is 11.5 Å². The molecule has 0 aliphatic carbocycles. The van der Waals surface area contributed by atoms with Crippen LogP contribution in [-0.2, 0) is 15.3 Å². The number of rotatable bonds is 7. The SMILES string of the molecule is [NH-][C@@H](CNC(=O)CSCc1ccccc1)C(N)=O.[Rb+]. The van der Waals surface area contributed by atoms with Gasteiger partial charge in [0.1, 0.15) is 0 Å². The molecule has 1 aromatic carbocycles. The fourth-order valence-corrected chi connectivity index (χ4v) is 2.02. The summed E-state index contributed by atoms with van der Waals surface area (Å²) in [6, 6.07) is 8.77. The molecule has 0 aliphatic rings. The first-order chi connectivity index (χ1) is 8.59. The molecule has 1 atom stereocenters. The normalized spacial score (nSPS) is 11.2. The van der Waals surface area contributed by atoms with Crippen LogP contribution in [0.4, 0.5) is 0 Å². The van der Waals surface area contributed by atoms with E-state index >= 15 is 0 Å². The average Bonchev–Trinajstić information content (AvgIpc) is 2.37. The maximum Gasteiger partial charge on any atom is 1.00 e. The number of thioether (sulfide) groups is 1. The van der Waals surface area contributed by atoms with E-state index in [1.54, 1.807) is 0 Å². The third-order valence-corrected chi connectivity index (χ3v) is 3.20. The van der Waals surface area contributed by atoms with Gasteiger partial charge in [-0.15, -0.1) is 11.8 Å². The summed E-state index contributed by atoms with van der Waals surface area (Å²) >= 11 is 1.49. The first-order valence-electron chi connectivity index (χ1n) is 5.48. The number of hydrogen-bond acceptors (Lipinski definition) is 3. The molecule has 1 aromatic rings. The molecular formula is C12H16N3O2RbS. The van der Waals surface area contributed by atoms with Crippen molar-refractivity contribution in [2.75, 3.05) is 12.3 Å². The standard InChI is InChI=1S/C12H16N3O2S.Rb/c13-10(12(14)17)6-15-11(16)8-18-7-9-4-2-1-3-5-9;/h1-5,10,13H,6-8H2,(H2,14,17)(H,15,16);/q-1;+1/t10-;/m0./s1. The van der Waals surface area contributed by atoms with Crippen molar-refractivity contribution in [1.29, 1.82) is 0 Å². The molecule has 19 heavy (non-hydrogen) atoms. The molecule has 0 unspecified atom stereocenters. The average molecular weight is 352 g/mol. The van der Waals surface area contributed by atoms with E-state index < -0.39 is 11.9 Å². The number of benzene rings is 1. The Morgan fingerprint density at radius 1 is 1.32 bits per heavy atom. The molecule has 7 heteroatoms. The van der Waals surface area contributed by atoms with Gasteiger partial charge in [-0.1, -0.05) is 30.3 Å². The Bertz CT molecular complexity index is 403. The van der Waals surface area contributed by atoms with Crippen LogP contribution in [0.15, 0.2) is 30.3 Å². The van der Waals surface area contributed by atoms with Gasteiger partial charge in [-0.2, -0.15) is 0 Å². The van der Waals surface area contributed by atoms with Gasteiger partial charge in [0.2, 0.25) is 11.8 Å². The minimum atomic E-state index is -1.08. The van der Waals surface area contributed by atoms with Crippen LogP contribution in [0.2, 0.25) is 0 Å².